The second-order valence-electron chi connectivity index (χ2n) is 5.09. The van der Waals surface area contributed by atoms with E-state index in [-0.39, 0.29) is 18.4 Å². The Balaban J connectivity index is 1.76. The number of carboxylic acids is 1. The summed E-state index contributed by atoms with van der Waals surface area (Å²) in [7, 11) is 0. The molecule has 1 unspecified atom stereocenters. The van der Waals surface area contributed by atoms with E-state index in [4.69, 9.17) is 5.11 Å². The van der Waals surface area contributed by atoms with Crippen LogP contribution in [-0.2, 0) is 9.59 Å². The number of benzene rings is 1. The molecule has 1 atom stereocenters. The fourth-order valence-electron chi connectivity index (χ4n) is 2.61. The lowest BCUT2D eigenvalue weighted by Gasteiger charge is -2.22. The topological polar surface area (TPSA) is 69.6 Å². The number of aliphatic carboxylic acids is 1. The van der Waals surface area contributed by atoms with Gasteiger partial charge in [-0.2, -0.15) is 0 Å². The molecule has 2 rings (SSSR count). The summed E-state index contributed by atoms with van der Waals surface area (Å²) in [5, 5.41) is 11.7. The van der Waals surface area contributed by atoms with Gasteiger partial charge < -0.3 is 10.4 Å². The average Bonchev–Trinajstić information content (AvgIpc) is 2.84. The molecule has 108 valence electrons. The fourth-order valence-corrected chi connectivity index (χ4v) is 2.61. The molecule has 1 saturated heterocycles. The van der Waals surface area contributed by atoms with Gasteiger partial charge in [-0.05, 0) is 31.5 Å². The highest BCUT2D eigenvalue weighted by molar-refractivity contribution is 5.90. The van der Waals surface area contributed by atoms with Crippen molar-refractivity contribution in [3.8, 4) is 0 Å². The number of hydrogen-bond acceptors (Lipinski definition) is 3. The minimum atomic E-state index is -0.768. The van der Waals surface area contributed by atoms with E-state index in [0.29, 0.717) is 13.0 Å². The highest BCUT2D eigenvalue weighted by Gasteiger charge is 2.26. The quantitative estimate of drug-likeness (QED) is 0.833. The second kappa shape index (κ2) is 7.05. The van der Waals surface area contributed by atoms with Gasteiger partial charge in [0.1, 0.15) is 0 Å². The lowest BCUT2D eigenvalue weighted by atomic mass is 10.1. The van der Waals surface area contributed by atoms with E-state index in [1.54, 1.807) is 0 Å². The molecule has 1 heterocycles. The molecule has 20 heavy (non-hydrogen) atoms. The van der Waals surface area contributed by atoms with Gasteiger partial charge in [-0.3, -0.25) is 14.5 Å². The van der Waals surface area contributed by atoms with Gasteiger partial charge in [-0.15, -0.1) is 0 Å². The standard InChI is InChI=1S/C15H20N2O3/c18-14(16-12-5-2-1-3-6-12)8-10-17-9-4-7-13(17)11-15(19)20/h1-3,5-6,13H,4,7-11H2,(H,16,18)(H,19,20). The summed E-state index contributed by atoms with van der Waals surface area (Å²) in [6.45, 7) is 1.51. The lowest BCUT2D eigenvalue weighted by Crippen LogP contribution is -2.33. The number of hydrogen-bond donors (Lipinski definition) is 2. The summed E-state index contributed by atoms with van der Waals surface area (Å²) in [6.07, 6.45) is 2.48. The highest BCUT2D eigenvalue weighted by atomic mass is 16.4. The minimum Gasteiger partial charge on any atom is -0.481 e. The van der Waals surface area contributed by atoms with Crippen LogP contribution in [0.1, 0.15) is 25.7 Å². The van der Waals surface area contributed by atoms with E-state index >= 15 is 0 Å². The molecule has 5 nitrogen and oxygen atoms in total. The summed E-state index contributed by atoms with van der Waals surface area (Å²) in [5.74, 6) is -0.798. The van der Waals surface area contributed by atoms with Crippen molar-refractivity contribution in [2.45, 2.75) is 31.7 Å². The maximum atomic E-state index is 11.8. The Hall–Kier alpha value is -1.88. The first kappa shape index (κ1) is 14.5. The van der Waals surface area contributed by atoms with Gasteiger partial charge in [0.2, 0.25) is 5.91 Å². The molecule has 1 aliphatic rings. The number of likely N-dealkylation sites (tertiary alicyclic amines) is 1. The first-order valence-corrected chi connectivity index (χ1v) is 6.96. The molecule has 0 radical (unpaired) electrons. The van der Waals surface area contributed by atoms with Crippen LogP contribution in [0.25, 0.3) is 0 Å². The number of carbonyl (C=O) groups excluding carboxylic acids is 1. The zero-order valence-electron chi connectivity index (χ0n) is 11.4. The number of nitrogens with one attached hydrogen (secondary N) is 1. The second-order valence-corrected chi connectivity index (χ2v) is 5.09. The number of amides is 1. The summed E-state index contributed by atoms with van der Waals surface area (Å²) in [4.78, 5) is 24.7. The normalized spacial score (nSPS) is 18.9. The lowest BCUT2D eigenvalue weighted by molar-refractivity contribution is -0.138. The molecule has 0 aliphatic carbocycles. The number of rotatable bonds is 6. The van der Waals surface area contributed by atoms with Gasteiger partial charge in [-0.1, -0.05) is 18.2 Å². The van der Waals surface area contributed by atoms with Gasteiger partial charge in [0.05, 0.1) is 6.42 Å². The number of anilines is 1. The molecule has 1 aromatic rings. The third-order valence-electron chi connectivity index (χ3n) is 3.59. The molecule has 1 aromatic carbocycles. The summed E-state index contributed by atoms with van der Waals surface area (Å²) >= 11 is 0. The van der Waals surface area contributed by atoms with Crippen LogP contribution < -0.4 is 5.32 Å². The third kappa shape index (κ3) is 4.35. The van der Waals surface area contributed by atoms with E-state index in [2.05, 4.69) is 10.2 Å². The van der Waals surface area contributed by atoms with Crippen LogP contribution in [0.2, 0.25) is 0 Å². The van der Waals surface area contributed by atoms with Crippen molar-refractivity contribution in [3.63, 3.8) is 0 Å². The summed E-state index contributed by atoms with van der Waals surface area (Å²) < 4.78 is 0. The van der Waals surface area contributed by atoms with E-state index < -0.39 is 5.97 Å². The molecule has 0 aromatic heterocycles. The van der Waals surface area contributed by atoms with Crippen molar-refractivity contribution < 1.29 is 14.7 Å². The molecule has 0 saturated carbocycles. The van der Waals surface area contributed by atoms with Gasteiger partial charge in [-0.25, -0.2) is 0 Å². The number of nitrogens with zero attached hydrogens (tertiary/aromatic N) is 1. The van der Waals surface area contributed by atoms with Gasteiger partial charge in [0.15, 0.2) is 0 Å². The van der Waals surface area contributed by atoms with Crippen LogP contribution >= 0.6 is 0 Å². The number of carboxylic acid groups (broad SMARTS) is 1. The first-order valence-electron chi connectivity index (χ1n) is 6.96. The Labute approximate surface area is 118 Å². The minimum absolute atomic E-state index is 0.0304. The van der Waals surface area contributed by atoms with E-state index in [1.807, 2.05) is 30.3 Å². The maximum Gasteiger partial charge on any atom is 0.304 e. The fraction of sp³-hybridized carbons (Fsp3) is 0.467. The summed E-state index contributed by atoms with van der Waals surface area (Å²) in [6, 6.07) is 9.42. The molecule has 1 aliphatic heterocycles. The largest absolute Gasteiger partial charge is 0.481 e. The Kier molecular flexibility index (Phi) is 5.12. The third-order valence-corrected chi connectivity index (χ3v) is 3.59. The van der Waals surface area contributed by atoms with Crippen LogP contribution in [-0.4, -0.2) is 41.0 Å². The van der Waals surface area contributed by atoms with Crippen molar-refractivity contribution in [2.24, 2.45) is 0 Å². The summed E-state index contributed by atoms with van der Waals surface area (Å²) in [5.41, 5.74) is 0.793. The zero-order chi connectivity index (χ0) is 14.4. The van der Waals surface area contributed by atoms with Gasteiger partial charge in [0.25, 0.3) is 0 Å². The Morgan fingerprint density at radius 1 is 1.30 bits per heavy atom. The average molecular weight is 276 g/mol. The molecule has 0 spiro atoms. The molecule has 1 fully saturated rings. The molecular formula is C15H20N2O3. The van der Waals surface area contributed by atoms with Crippen LogP contribution in [0.3, 0.4) is 0 Å². The van der Waals surface area contributed by atoms with Crippen LogP contribution in [0, 0.1) is 0 Å². The molecular weight excluding hydrogens is 256 g/mol. The van der Waals surface area contributed by atoms with E-state index in [0.717, 1.165) is 25.1 Å². The van der Waals surface area contributed by atoms with E-state index in [9.17, 15) is 9.59 Å². The SMILES string of the molecule is O=C(O)CC1CCCN1CCC(=O)Nc1ccccc1. The van der Waals surface area contributed by atoms with E-state index in [1.165, 1.54) is 0 Å². The monoisotopic (exact) mass is 276 g/mol. The molecule has 0 bridgehead atoms. The maximum absolute atomic E-state index is 11.8. The van der Waals surface area contributed by atoms with Crippen molar-refractivity contribution in [3.05, 3.63) is 30.3 Å². The predicted molar refractivity (Wildman–Crippen MR) is 76.5 cm³/mol. The van der Waals surface area contributed by atoms with Crippen molar-refractivity contribution in [1.82, 2.24) is 4.90 Å². The highest BCUT2D eigenvalue weighted by Crippen LogP contribution is 2.20. The van der Waals surface area contributed by atoms with Crippen molar-refractivity contribution in [1.29, 1.82) is 0 Å². The Morgan fingerprint density at radius 3 is 2.75 bits per heavy atom. The molecule has 2 N–H and O–H groups in total. The number of para-hydroxylation sites is 1. The van der Waals surface area contributed by atoms with Crippen LogP contribution in [0.5, 0.6) is 0 Å². The zero-order valence-corrected chi connectivity index (χ0v) is 11.4. The molecule has 1 amide bonds. The van der Waals surface area contributed by atoms with Gasteiger partial charge in [0, 0.05) is 24.7 Å². The van der Waals surface area contributed by atoms with Crippen molar-refractivity contribution in [2.75, 3.05) is 18.4 Å². The van der Waals surface area contributed by atoms with Crippen molar-refractivity contribution >= 4 is 17.6 Å². The smallest absolute Gasteiger partial charge is 0.304 e. The predicted octanol–water partition coefficient (Wildman–Crippen LogP) is 1.95. The number of carbonyl (C=O) groups is 2. The molecule has 5 heteroatoms. The Morgan fingerprint density at radius 2 is 2.05 bits per heavy atom. The van der Waals surface area contributed by atoms with Gasteiger partial charge >= 0.3 is 5.97 Å². The van der Waals surface area contributed by atoms with Crippen LogP contribution in [0.15, 0.2) is 30.3 Å². The van der Waals surface area contributed by atoms with Crippen LogP contribution in [0.4, 0.5) is 5.69 Å². The Bertz CT molecular complexity index is 461. The first-order chi connectivity index (χ1) is 9.65.